The molecule has 2 aromatic rings. The van der Waals surface area contributed by atoms with Gasteiger partial charge in [0, 0.05) is 10.6 Å². The Morgan fingerprint density at radius 3 is 2.61 bits per heavy atom. The lowest BCUT2D eigenvalue weighted by Gasteiger charge is -2.05. The maximum Gasteiger partial charge on any atom is 0.229 e. The molecule has 0 bridgehead atoms. The van der Waals surface area contributed by atoms with Crippen molar-refractivity contribution in [2.24, 2.45) is 5.73 Å². The minimum atomic E-state index is 0.0176. The van der Waals surface area contributed by atoms with Gasteiger partial charge in [-0.1, -0.05) is 18.2 Å². The van der Waals surface area contributed by atoms with Crippen LogP contribution in [0.1, 0.15) is 10.4 Å². The van der Waals surface area contributed by atoms with Crippen LogP contribution in [-0.2, 0) is 17.6 Å². The molecular weight excluding hydrogens is 244 g/mol. The van der Waals surface area contributed by atoms with Crippen molar-refractivity contribution in [2.45, 2.75) is 12.8 Å². The highest BCUT2D eigenvalue weighted by atomic mass is 32.1. The molecule has 4 heteroatoms. The zero-order chi connectivity index (χ0) is 12.8. The Labute approximate surface area is 111 Å². The maximum atomic E-state index is 11.8. The second-order valence-electron chi connectivity index (χ2n) is 4.04. The first-order valence-electron chi connectivity index (χ1n) is 5.89. The van der Waals surface area contributed by atoms with Gasteiger partial charge in [0.2, 0.25) is 5.91 Å². The normalized spacial score (nSPS) is 10.3. The van der Waals surface area contributed by atoms with E-state index in [9.17, 15) is 4.79 Å². The molecule has 0 aliphatic carbocycles. The van der Waals surface area contributed by atoms with Gasteiger partial charge in [0.15, 0.2) is 0 Å². The lowest BCUT2D eigenvalue weighted by molar-refractivity contribution is -0.115. The summed E-state index contributed by atoms with van der Waals surface area (Å²) in [6.45, 7) is 0.643. The molecule has 1 amide bonds. The van der Waals surface area contributed by atoms with E-state index in [0.29, 0.717) is 13.0 Å². The predicted octanol–water partition coefficient (Wildman–Crippen LogP) is 2.43. The van der Waals surface area contributed by atoms with E-state index in [2.05, 4.69) is 5.32 Å². The van der Waals surface area contributed by atoms with Crippen LogP contribution in [0.3, 0.4) is 0 Å². The Morgan fingerprint density at radius 2 is 2.00 bits per heavy atom. The molecule has 0 aliphatic rings. The predicted molar refractivity (Wildman–Crippen MR) is 75.9 cm³/mol. The Hall–Kier alpha value is -1.65. The highest BCUT2D eigenvalue weighted by Crippen LogP contribution is 2.13. The highest BCUT2D eigenvalue weighted by Gasteiger charge is 2.04. The molecule has 0 radical (unpaired) electrons. The largest absolute Gasteiger partial charge is 0.330 e. The quantitative estimate of drug-likeness (QED) is 0.867. The number of anilines is 1. The number of hydrogen-bond acceptors (Lipinski definition) is 3. The highest BCUT2D eigenvalue weighted by molar-refractivity contribution is 7.10. The first-order chi connectivity index (χ1) is 8.78. The fraction of sp³-hybridized carbons (Fsp3) is 0.214. The molecule has 0 spiro atoms. The lowest BCUT2D eigenvalue weighted by Crippen LogP contribution is -2.13. The van der Waals surface area contributed by atoms with Crippen molar-refractivity contribution in [3.8, 4) is 0 Å². The van der Waals surface area contributed by atoms with Crippen LogP contribution >= 0.6 is 11.3 Å². The van der Waals surface area contributed by atoms with Crippen molar-refractivity contribution < 1.29 is 4.79 Å². The topological polar surface area (TPSA) is 55.1 Å². The van der Waals surface area contributed by atoms with Crippen molar-refractivity contribution in [3.63, 3.8) is 0 Å². The molecule has 0 unspecified atom stereocenters. The van der Waals surface area contributed by atoms with Gasteiger partial charge in [0.25, 0.3) is 0 Å². The third kappa shape index (κ3) is 3.68. The molecular formula is C14H16N2OS. The van der Waals surface area contributed by atoms with E-state index in [1.807, 2.05) is 41.8 Å². The third-order valence-electron chi connectivity index (χ3n) is 2.59. The van der Waals surface area contributed by atoms with Crippen molar-refractivity contribution in [1.82, 2.24) is 0 Å². The van der Waals surface area contributed by atoms with E-state index < -0.39 is 0 Å². The third-order valence-corrected chi connectivity index (χ3v) is 3.46. The maximum absolute atomic E-state index is 11.8. The minimum absolute atomic E-state index is 0.0176. The van der Waals surface area contributed by atoms with E-state index in [0.717, 1.165) is 17.0 Å². The van der Waals surface area contributed by atoms with Crippen molar-refractivity contribution in [2.75, 3.05) is 11.9 Å². The minimum Gasteiger partial charge on any atom is -0.330 e. The molecule has 1 aromatic carbocycles. The number of thiophene rings is 1. The standard InChI is InChI=1S/C14H16N2OS/c15-8-7-11-3-5-12(6-4-11)16-14(17)10-13-2-1-9-18-13/h1-6,9H,7-8,10,15H2,(H,16,17). The Morgan fingerprint density at radius 1 is 1.22 bits per heavy atom. The summed E-state index contributed by atoms with van der Waals surface area (Å²) in [6, 6.07) is 11.7. The summed E-state index contributed by atoms with van der Waals surface area (Å²) < 4.78 is 0. The zero-order valence-electron chi connectivity index (χ0n) is 10.1. The summed E-state index contributed by atoms with van der Waals surface area (Å²) in [5, 5.41) is 4.86. The van der Waals surface area contributed by atoms with Gasteiger partial charge in [-0.15, -0.1) is 11.3 Å². The summed E-state index contributed by atoms with van der Waals surface area (Å²) in [7, 11) is 0. The molecule has 18 heavy (non-hydrogen) atoms. The van der Waals surface area contributed by atoms with E-state index in [4.69, 9.17) is 5.73 Å². The molecule has 0 saturated heterocycles. The molecule has 94 valence electrons. The smallest absolute Gasteiger partial charge is 0.229 e. The molecule has 1 aromatic heterocycles. The van der Waals surface area contributed by atoms with Gasteiger partial charge in [-0.3, -0.25) is 4.79 Å². The number of amides is 1. The Bertz CT molecular complexity index is 491. The molecule has 0 aliphatic heterocycles. The van der Waals surface area contributed by atoms with Gasteiger partial charge >= 0.3 is 0 Å². The van der Waals surface area contributed by atoms with Gasteiger partial charge < -0.3 is 11.1 Å². The fourth-order valence-electron chi connectivity index (χ4n) is 1.70. The number of benzene rings is 1. The number of nitrogens with two attached hydrogens (primary N) is 1. The van der Waals surface area contributed by atoms with Crippen LogP contribution in [0.15, 0.2) is 41.8 Å². The second kappa shape index (κ2) is 6.33. The van der Waals surface area contributed by atoms with Crippen LogP contribution < -0.4 is 11.1 Å². The van der Waals surface area contributed by atoms with Crippen LogP contribution in [0.5, 0.6) is 0 Å². The number of carbonyl (C=O) groups excluding carboxylic acids is 1. The molecule has 1 heterocycles. The Kier molecular flexibility index (Phi) is 4.50. The molecule has 3 N–H and O–H groups in total. The van der Waals surface area contributed by atoms with Crippen LogP contribution in [0.2, 0.25) is 0 Å². The SMILES string of the molecule is NCCc1ccc(NC(=O)Cc2cccs2)cc1. The van der Waals surface area contributed by atoms with Gasteiger partial charge in [-0.05, 0) is 42.1 Å². The van der Waals surface area contributed by atoms with Gasteiger partial charge in [-0.25, -0.2) is 0 Å². The van der Waals surface area contributed by atoms with Crippen LogP contribution in [0.25, 0.3) is 0 Å². The molecule has 0 saturated carbocycles. The van der Waals surface area contributed by atoms with Crippen molar-refractivity contribution >= 4 is 22.9 Å². The van der Waals surface area contributed by atoms with Crippen LogP contribution in [0.4, 0.5) is 5.69 Å². The average Bonchev–Trinajstić information content (AvgIpc) is 2.84. The van der Waals surface area contributed by atoms with Crippen LogP contribution in [-0.4, -0.2) is 12.5 Å². The van der Waals surface area contributed by atoms with Gasteiger partial charge in [0.05, 0.1) is 6.42 Å². The summed E-state index contributed by atoms with van der Waals surface area (Å²) in [4.78, 5) is 12.8. The molecule has 0 fully saturated rings. The van der Waals surface area contributed by atoms with Crippen molar-refractivity contribution in [3.05, 3.63) is 52.2 Å². The summed E-state index contributed by atoms with van der Waals surface area (Å²) in [5.74, 6) is 0.0176. The van der Waals surface area contributed by atoms with E-state index in [1.165, 1.54) is 5.56 Å². The van der Waals surface area contributed by atoms with Crippen LogP contribution in [0, 0.1) is 0 Å². The monoisotopic (exact) mass is 260 g/mol. The number of rotatable bonds is 5. The average molecular weight is 260 g/mol. The molecule has 2 rings (SSSR count). The fourth-order valence-corrected chi connectivity index (χ4v) is 2.40. The first kappa shape index (κ1) is 12.8. The zero-order valence-corrected chi connectivity index (χ0v) is 10.9. The van der Waals surface area contributed by atoms with Crippen molar-refractivity contribution in [1.29, 1.82) is 0 Å². The Balaban J connectivity index is 1.90. The summed E-state index contributed by atoms with van der Waals surface area (Å²) in [6.07, 6.45) is 1.30. The lowest BCUT2D eigenvalue weighted by atomic mass is 10.1. The van der Waals surface area contributed by atoms with E-state index >= 15 is 0 Å². The summed E-state index contributed by atoms with van der Waals surface area (Å²) >= 11 is 1.60. The number of carbonyl (C=O) groups is 1. The van der Waals surface area contributed by atoms with Gasteiger partial charge in [-0.2, -0.15) is 0 Å². The number of hydrogen-bond donors (Lipinski definition) is 2. The second-order valence-corrected chi connectivity index (χ2v) is 5.07. The van der Waals surface area contributed by atoms with E-state index in [-0.39, 0.29) is 5.91 Å². The molecule has 3 nitrogen and oxygen atoms in total. The number of nitrogens with one attached hydrogen (secondary N) is 1. The summed E-state index contributed by atoms with van der Waals surface area (Å²) in [5.41, 5.74) is 7.51. The first-order valence-corrected chi connectivity index (χ1v) is 6.77. The van der Waals surface area contributed by atoms with Gasteiger partial charge in [0.1, 0.15) is 0 Å². The molecule has 0 atom stereocenters. The van der Waals surface area contributed by atoms with E-state index in [1.54, 1.807) is 11.3 Å².